The van der Waals surface area contributed by atoms with Crippen molar-refractivity contribution in [2.24, 2.45) is 0 Å². The fourth-order valence-corrected chi connectivity index (χ4v) is 1.67. The molecular formula is C15H15N3O3. The van der Waals surface area contributed by atoms with Gasteiger partial charge in [0.1, 0.15) is 5.75 Å². The first-order valence-electron chi connectivity index (χ1n) is 6.32. The Kier molecular flexibility index (Phi) is 4.96. The van der Waals surface area contributed by atoms with Gasteiger partial charge in [-0.15, -0.1) is 0 Å². The number of aromatic amines is 1. The van der Waals surface area contributed by atoms with Crippen LogP contribution in [0.15, 0.2) is 30.6 Å². The number of amides is 1. The summed E-state index contributed by atoms with van der Waals surface area (Å²) in [7, 11) is 1.53. The van der Waals surface area contributed by atoms with Crippen molar-refractivity contribution in [3.8, 4) is 17.6 Å². The molecule has 0 atom stereocenters. The van der Waals surface area contributed by atoms with Gasteiger partial charge in [0, 0.05) is 18.2 Å². The predicted molar refractivity (Wildman–Crippen MR) is 78.1 cm³/mol. The number of hydrogen-bond donors (Lipinski definition) is 3. The van der Waals surface area contributed by atoms with Crippen LogP contribution in [0.5, 0.6) is 5.75 Å². The predicted octanol–water partition coefficient (Wildman–Crippen LogP) is 1.40. The van der Waals surface area contributed by atoms with Gasteiger partial charge in [0.2, 0.25) is 0 Å². The van der Waals surface area contributed by atoms with Crippen LogP contribution < -0.4 is 10.1 Å². The Balaban J connectivity index is 2.22. The topological polar surface area (TPSA) is 87.2 Å². The van der Waals surface area contributed by atoms with Gasteiger partial charge in [0.05, 0.1) is 31.2 Å². The van der Waals surface area contributed by atoms with Crippen molar-refractivity contribution in [3.63, 3.8) is 0 Å². The summed E-state index contributed by atoms with van der Waals surface area (Å²) >= 11 is 0. The summed E-state index contributed by atoms with van der Waals surface area (Å²) in [6.07, 6.45) is 3.35. The van der Waals surface area contributed by atoms with E-state index in [9.17, 15) is 4.79 Å². The van der Waals surface area contributed by atoms with Gasteiger partial charge in [-0.25, -0.2) is 0 Å². The lowest BCUT2D eigenvalue weighted by atomic mass is 10.1. The van der Waals surface area contributed by atoms with Crippen molar-refractivity contribution in [1.29, 1.82) is 0 Å². The van der Waals surface area contributed by atoms with Crippen molar-refractivity contribution in [2.45, 2.75) is 6.42 Å². The molecule has 6 heteroatoms. The molecule has 0 fully saturated rings. The van der Waals surface area contributed by atoms with E-state index in [0.29, 0.717) is 23.4 Å². The first-order chi connectivity index (χ1) is 10.2. The number of aromatic nitrogens is 2. The molecule has 1 heterocycles. The zero-order valence-electron chi connectivity index (χ0n) is 11.5. The molecule has 2 aromatic rings. The molecule has 0 radical (unpaired) electrons. The number of benzene rings is 1. The van der Waals surface area contributed by atoms with Crippen molar-refractivity contribution in [1.82, 2.24) is 10.2 Å². The van der Waals surface area contributed by atoms with Gasteiger partial charge in [0.15, 0.2) is 0 Å². The molecule has 0 saturated heterocycles. The average molecular weight is 285 g/mol. The standard InChI is InChI=1S/C15H15N3O3/c1-21-14-6-5-11(4-2-3-7-19)8-13(14)18-15(20)12-9-16-17-10-12/h5-6,8-10,19H,3,7H2,1H3,(H,16,17)(H,18,20). The molecule has 3 N–H and O–H groups in total. The van der Waals surface area contributed by atoms with Crippen LogP contribution in [0.2, 0.25) is 0 Å². The highest BCUT2D eigenvalue weighted by molar-refractivity contribution is 6.04. The normalized spacial score (nSPS) is 9.62. The highest BCUT2D eigenvalue weighted by Crippen LogP contribution is 2.25. The summed E-state index contributed by atoms with van der Waals surface area (Å²) in [5.74, 6) is 5.99. The lowest BCUT2D eigenvalue weighted by Crippen LogP contribution is -2.12. The molecule has 0 saturated carbocycles. The maximum absolute atomic E-state index is 12.0. The number of nitrogens with zero attached hydrogens (tertiary/aromatic N) is 1. The molecule has 0 bridgehead atoms. The Hall–Kier alpha value is -2.78. The number of anilines is 1. The quantitative estimate of drug-likeness (QED) is 0.741. The van der Waals surface area contributed by atoms with Crippen LogP contribution in [0.3, 0.4) is 0 Å². The second kappa shape index (κ2) is 7.12. The van der Waals surface area contributed by atoms with Gasteiger partial charge in [-0.1, -0.05) is 11.8 Å². The Labute approximate surface area is 122 Å². The fraction of sp³-hybridized carbons (Fsp3) is 0.200. The van der Waals surface area contributed by atoms with Crippen molar-refractivity contribution >= 4 is 11.6 Å². The molecule has 1 aromatic heterocycles. The Bertz CT molecular complexity index is 669. The largest absolute Gasteiger partial charge is 0.495 e. The van der Waals surface area contributed by atoms with Crippen LogP contribution in [0.4, 0.5) is 5.69 Å². The molecule has 108 valence electrons. The number of hydrogen-bond acceptors (Lipinski definition) is 4. The highest BCUT2D eigenvalue weighted by Gasteiger charge is 2.11. The van der Waals surface area contributed by atoms with E-state index in [0.717, 1.165) is 5.56 Å². The van der Waals surface area contributed by atoms with E-state index in [1.807, 2.05) is 0 Å². The fourth-order valence-electron chi connectivity index (χ4n) is 1.67. The number of aliphatic hydroxyl groups excluding tert-OH is 1. The van der Waals surface area contributed by atoms with Crippen LogP contribution >= 0.6 is 0 Å². The molecule has 0 aliphatic carbocycles. The van der Waals surface area contributed by atoms with Gasteiger partial charge in [-0.2, -0.15) is 5.10 Å². The van der Waals surface area contributed by atoms with E-state index in [4.69, 9.17) is 9.84 Å². The van der Waals surface area contributed by atoms with Crippen LogP contribution in [0.1, 0.15) is 22.3 Å². The van der Waals surface area contributed by atoms with E-state index >= 15 is 0 Å². The minimum atomic E-state index is -0.289. The number of aliphatic hydroxyl groups is 1. The van der Waals surface area contributed by atoms with Crippen LogP contribution in [0.25, 0.3) is 0 Å². The van der Waals surface area contributed by atoms with Crippen molar-refractivity contribution in [3.05, 3.63) is 41.7 Å². The minimum Gasteiger partial charge on any atom is -0.495 e. The van der Waals surface area contributed by atoms with E-state index in [-0.39, 0.29) is 12.5 Å². The van der Waals surface area contributed by atoms with Gasteiger partial charge in [-0.3, -0.25) is 9.89 Å². The second-order valence-corrected chi connectivity index (χ2v) is 4.13. The minimum absolute atomic E-state index is 0.0211. The summed E-state index contributed by atoms with van der Waals surface area (Å²) in [6, 6.07) is 5.24. The van der Waals surface area contributed by atoms with E-state index in [1.54, 1.807) is 18.2 Å². The summed E-state index contributed by atoms with van der Waals surface area (Å²) in [5, 5.41) is 17.8. The third-order valence-electron chi connectivity index (χ3n) is 2.68. The zero-order valence-corrected chi connectivity index (χ0v) is 11.5. The Morgan fingerprint density at radius 1 is 1.52 bits per heavy atom. The lowest BCUT2D eigenvalue weighted by Gasteiger charge is -2.09. The maximum Gasteiger partial charge on any atom is 0.258 e. The molecule has 0 aliphatic heterocycles. The summed E-state index contributed by atoms with van der Waals surface area (Å²) in [6.45, 7) is 0.0211. The van der Waals surface area contributed by atoms with Crippen molar-refractivity contribution in [2.75, 3.05) is 19.0 Å². The molecule has 0 spiro atoms. The Morgan fingerprint density at radius 2 is 2.38 bits per heavy atom. The molecule has 0 unspecified atom stereocenters. The molecule has 0 aliphatic rings. The molecule has 1 aromatic carbocycles. The van der Waals surface area contributed by atoms with Gasteiger partial charge in [0.25, 0.3) is 5.91 Å². The second-order valence-electron chi connectivity index (χ2n) is 4.13. The monoisotopic (exact) mass is 285 g/mol. The summed E-state index contributed by atoms with van der Waals surface area (Å²) in [4.78, 5) is 12.0. The van der Waals surface area contributed by atoms with Gasteiger partial charge in [-0.05, 0) is 18.2 Å². The third-order valence-corrected chi connectivity index (χ3v) is 2.68. The number of ether oxygens (including phenoxy) is 1. The molecule has 21 heavy (non-hydrogen) atoms. The maximum atomic E-state index is 12.0. The number of rotatable bonds is 4. The van der Waals surface area contributed by atoms with Crippen LogP contribution in [0, 0.1) is 11.8 Å². The van der Waals surface area contributed by atoms with Crippen LogP contribution in [-0.2, 0) is 0 Å². The number of nitrogens with one attached hydrogen (secondary N) is 2. The number of carbonyl (C=O) groups excluding carboxylic acids is 1. The third kappa shape index (κ3) is 3.84. The van der Waals surface area contributed by atoms with E-state index in [1.165, 1.54) is 19.5 Å². The summed E-state index contributed by atoms with van der Waals surface area (Å²) < 4.78 is 5.22. The summed E-state index contributed by atoms with van der Waals surface area (Å²) in [5.41, 5.74) is 1.68. The highest BCUT2D eigenvalue weighted by atomic mass is 16.5. The SMILES string of the molecule is COc1ccc(C#CCCO)cc1NC(=O)c1cn[nH]c1. The first kappa shape index (κ1) is 14.6. The number of methoxy groups -OCH3 is 1. The van der Waals surface area contributed by atoms with Gasteiger partial charge >= 0.3 is 0 Å². The molecular weight excluding hydrogens is 270 g/mol. The first-order valence-corrected chi connectivity index (χ1v) is 6.32. The average Bonchev–Trinajstić information content (AvgIpc) is 3.02. The Morgan fingerprint density at radius 3 is 3.05 bits per heavy atom. The number of H-pyrrole nitrogens is 1. The van der Waals surface area contributed by atoms with Gasteiger partial charge < -0.3 is 15.2 Å². The molecule has 1 amide bonds. The van der Waals surface area contributed by atoms with Crippen molar-refractivity contribution < 1.29 is 14.6 Å². The van der Waals surface area contributed by atoms with E-state index in [2.05, 4.69) is 27.4 Å². The molecule has 6 nitrogen and oxygen atoms in total. The number of carbonyl (C=O) groups is 1. The molecule has 2 rings (SSSR count). The zero-order chi connectivity index (χ0) is 15.1. The van der Waals surface area contributed by atoms with Crippen LogP contribution in [-0.4, -0.2) is 34.9 Å². The van der Waals surface area contributed by atoms with E-state index < -0.39 is 0 Å². The smallest absolute Gasteiger partial charge is 0.258 e. The lowest BCUT2D eigenvalue weighted by molar-refractivity contribution is 0.102.